The Bertz CT molecular complexity index is 1280. The number of amides is 2. The van der Waals surface area contributed by atoms with E-state index in [1.54, 1.807) is 50.7 Å². The molecule has 186 valence electrons. The SMILES string of the molecule is CCc1ccc(N2C(=O)[C@H]3[C@H](ON(c4ccccc4)[C@@H]3c3cc(OC)c(OC)cc3OC)C2=O)cc1. The maximum atomic E-state index is 13.9. The van der Waals surface area contributed by atoms with Crippen molar-refractivity contribution in [2.75, 3.05) is 31.3 Å². The van der Waals surface area contributed by atoms with Gasteiger partial charge in [0.2, 0.25) is 5.91 Å². The molecule has 0 unspecified atom stereocenters. The van der Waals surface area contributed by atoms with Crippen LogP contribution in [0.1, 0.15) is 24.1 Å². The quantitative estimate of drug-likeness (QED) is 0.458. The van der Waals surface area contributed by atoms with Gasteiger partial charge < -0.3 is 14.2 Å². The van der Waals surface area contributed by atoms with Gasteiger partial charge in [0.15, 0.2) is 17.6 Å². The van der Waals surface area contributed by atoms with Crippen molar-refractivity contribution in [1.82, 2.24) is 0 Å². The van der Waals surface area contributed by atoms with Crippen LogP contribution in [0.4, 0.5) is 11.4 Å². The molecule has 0 saturated carbocycles. The van der Waals surface area contributed by atoms with Crippen LogP contribution in [-0.2, 0) is 20.8 Å². The molecule has 5 rings (SSSR count). The number of imide groups is 1. The first-order valence-corrected chi connectivity index (χ1v) is 11.8. The molecule has 0 spiro atoms. The van der Waals surface area contributed by atoms with Gasteiger partial charge in [0.1, 0.15) is 17.7 Å². The van der Waals surface area contributed by atoms with Gasteiger partial charge in [-0.2, -0.15) is 0 Å². The fourth-order valence-electron chi connectivity index (χ4n) is 4.95. The number of benzene rings is 3. The summed E-state index contributed by atoms with van der Waals surface area (Å²) in [5, 5.41) is 1.63. The highest BCUT2D eigenvalue weighted by Crippen LogP contribution is 2.51. The Labute approximate surface area is 209 Å². The normalized spacial score (nSPS) is 21.1. The minimum absolute atomic E-state index is 0.325. The largest absolute Gasteiger partial charge is 0.496 e. The van der Waals surface area contributed by atoms with Crippen LogP contribution in [0.3, 0.4) is 0 Å². The van der Waals surface area contributed by atoms with Crippen LogP contribution >= 0.6 is 0 Å². The molecule has 2 heterocycles. The monoisotopic (exact) mass is 488 g/mol. The van der Waals surface area contributed by atoms with Crippen molar-refractivity contribution in [2.45, 2.75) is 25.5 Å². The maximum absolute atomic E-state index is 13.9. The van der Waals surface area contributed by atoms with E-state index in [9.17, 15) is 9.59 Å². The van der Waals surface area contributed by atoms with Crippen molar-refractivity contribution in [3.8, 4) is 17.2 Å². The second kappa shape index (κ2) is 9.54. The van der Waals surface area contributed by atoms with Gasteiger partial charge >= 0.3 is 0 Å². The summed E-state index contributed by atoms with van der Waals surface area (Å²) in [6, 6.07) is 19.7. The number of anilines is 2. The van der Waals surface area contributed by atoms with E-state index < -0.39 is 24.0 Å². The lowest BCUT2D eigenvalue weighted by Crippen LogP contribution is -2.37. The minimum atomic E-state index is -0.980. The number of aryl methyl sites for hydroxylation is 1. The van der Waals surface area contributed by atoms with Gasteiger partial charge in [-0.05, 0) is 42.3 Å². The van der Waals surface area contributed by atoms with E-state index in [4.69, 9.17) is 19.0 Å². The summed E-state index contributed by atoms with van der Waals surface area (Å²) in [5.74, 6) is -0.0455. The molecule has 2 fully saturated rings. The highest BCUT2D eigenvalue weighted by atomic mass is 16.7. The summed E-state index contributed by atoms with van der Waals surface area (Å²) < 4.78 is 16.7. The van der Waals surface area contributed by atoms with Crippen molar-refractivity contribution in [2.24, 2.45) is 5.92 Å². The van der Waals surface area contributed by atoms with Gasteiger partial charge in [-0.3, -0.25) is 14.4 Å². The van der Waals surface area contributed by atoms with Gasteiger partial charge in [0, 0.05) is 11.6 Å². The van der Waals surface area contributed by atoms with Gasteiger partial charge in [-0.25, -0.2) is 9.96 Å². The van der Waals surface area contributed by atoms with E-state index in [0.29, 0.717) is 34.2 Å². The molecule has 2 aliphatic rings. The molecule has 8 nitrogen and oxygen atoms in total. The molecule has 2 amide bonds. The van der Waals surface area contributed by atoms with Crippen LogP contribution < -0.4 is 24.2 Å². The molecule has 0 aromatic heterocycles. The molecule has 3 atom stereocenters. The number of ether oxygens (including phenoxy) is 3. The van der Waals surface area contributed by atoms with Crippen molar-refractivity contribution in [3.63, 3.8) is 0 Å². The molecule has 0 aliphatic carbocycles. The zero-order valence-electron chi connectivity index (χ0n) is 20.6. The van der Waals surface area contributed by atoms with Crippen molar-refractivity contribution in [3.05, 3.63) is 77.9 Å². The average Bonchev–Trinajstić information content (AvgIpc) is 3.43. The molecule has 3 aromatic carbocycles. The summed E-state index contributed by atoms with van der Waals surface area (Å²) >= 11 is 0. The highest BCUT2D eigenvalue weighted by Gasteiger charge is 2.60. The van der Waals surface area contributed by atoms with E-state index in [1.807, 2.05) is 42.5 Å². The molecule has 36 heavy (non-hydrogen) atoms. The predicted molar refractivity (Wildman–Crippen MR) is 134 cm³/mol. The van der Waals surface area contributed by atoms with Crippen LogP contribution in [0.2, 0.25) is 0 Å². The Kier molecular flexibility index (Phi) is 6.28. The van der Waals surface area contributed by atoms with Gasteiger partial charge in [0.25, 0.3) is 5.91 Å². The first kappa shape index (κ1) is 23.7. The van der Waals surface area contributed by atoms with Crippen LogP contribution in [0, 0.1) is 5.92 Å². The number of hydrogen-bond donors (Lipinski definition) is 0. The van der Waals surface area contributed by atoms with Crippen molar-refractivity contribution in [1.29, 1.82) is 0 Å². The number of rotatable bonds is 7. The Morgan fingerprint density at radius 1 is 0.778 bits per heavy atom. The molecular formula is C28H28N2O6. The van der Waals surface area contributed by atoms with Crippen LogP contribution in [0.5, 0.6) is 17.2 Å². The van der Waals surface area contributed by atoms with E-state index >= 15 is 0 Å². The number of methoxy groups -OCH3 is 3. The smallest absolute Gasteiger partial charge is 0.266 e. The van der Waals surface area contributed by atoms with Crippen LogP contribution in [0.15, 0.2) is 66.7 Å². The summed E-state index contributed by atoms with van der Waals surface area (Å²) in [4.78, 5) is 34.9. The average molecular weight is 489 g/mol. The fraction of sp³-hybridized carbons (Fsp3) is 0.286. The van der Waals surface area contributed by atoms with E-state index in [1.165, 1.54) is 4.90 Å². The summed E-state index contributed by atoms with van der Waals surface area (Å²) in [6.07, 6.45) is -0.115. The number of para-hydroxylation sites is 1. The molecule has 0 radical (unpaired) electrons. The zero-order chi connectivity index (χ0) is 25.4. The molecule has 3 aromatic rings. The lowest BCUT2D eigenvalue weighted by atomic mass is 9.89. The topological polar surface area (TPSA) is 77.5 Å². The van der Waals surface area contributed by atoms with Crippen LogP contribution in [0.25, 0.3) is 0 Å². The molecule has 2 saturated heterocycles. The fourth-order valence-corrected chi connectivity index (χ4v) is 4.95. The number of carbonyl (C=O) groups excluding carboxylic acids is 2. The molecule has 0 N–H and O–H groups in total. The second-order valence-corrected chi connectivity index (χ2v) is 8.64. The number of hydroxylamine groups is 1. The van der Waals surface area contributed by atoms with Crippen molar-refractivity contribution < 1.29 is 28.6 Å². The highest BCUT2D eigenvalue weighted by molar-refractivity contribution is 6.24. The summed E-state index contributed by atoms with van der Waals surface area (Å²) in [7, 11) is 4.64. The number of hydrogen-bond acceptors (Lipinski definition) is 7. The predicted octanol–water partition coefficient (Wildman–Crippen LogP) is 4.33. The Morgan fingerprint density at radius 3 is 2.03 bits per heavy atom. The zero-order valence-corrected chi connectivity index (χ0v) is 20.6. The third-order valence-corrected chi connectivity index (χ3v) is 6.78. The second-order valence-electron chi connectivity index (χ2n) is 8.64. The van der Waals surface area contributed by atoms with Gasteiger partial charge in [-0.15, -0.1) is 0 Å². The summed E-state index contributed by atoms with van der Waals surface area (Å²) in [5.41, 5.74) is 3.02. The Balaban J connectivity index is 1.63. The lowest BCUT2D eigenvalue weighted by molar-refractivity contribution is -0.126. The molecule has 2 aliphatic heterocycles. The lowest BCUT2D eigenvalue weighted by Gasteiger charge is -2.30. The first-order valence-electron chi connectivity index (χ1n) is 11.8. The third kappa shape index (κ3) is 3.74. The Morgan fingerprint density at radius 2 is 1.42 bits per heavy atom. The van der Waals surface area contributed by atoms with Gasteiger partial charge in [-0.1, -0.05) is 37.3 Å². The molecule has 0 bridgehead atoms. The maximum Gasteiger partial charge on any atom is 0.266 e. The first-order chi connectivity index (χ1) is 17.5. The Hall–Kier alpha value is -4.04. The van der Waals surface area contributed by atoms with Gasteiger partial charge in [0.05, 0.1) is 32.7 Å². The van der Waals surface area contributed by atoms with Crippen molar-refractivity contribution >= 4 is 23.2 Å². The number of fused-ring (bicyclic) bond motifs is 1. The number of carbonyl (C=O) groups is 2. The standard InChI is InChI=1S/C28H28N2O6/c1-5-17-11-13-18(14-12-17)29-27(31)24-25(20-15-22(34-3)23(35-4)16-21(20)33-2)30(36-26(24)28(29)32)19-9-7-6-8-10-19/h6-16,24-26H,5H2,1-4H3/t24-,25-,26+/m1/s1. The number of nitrogens with zero attached hydrogens (tertiary/aromatic N) is 2. The minimum Gasteiger partial charge on any atom is -0.496 e. The summed E-state index contributed by atoms with van der Waals surface area (Å²) in [6.45, 7) is 2.05. The van der Waals surface area contributed by atoms with Crippen LogP contribution in [-0.4, -0.2) is 39.2 Å². The molecule has 8 heteroatoms. The third-order valence-electron chi connectivity index (χ3n) is 6.78. The van der Waals surface area contributed by atoms with E-state index in [0.717, 1.165) is 12.0 Å². The van der Waals surface area contributed by atoms with E-state index in [2.05, 4.69) is 6.92 Å². The molecular weight excluding hydrogens is 460 g/mol. The van der Waals surface area contributed by atoms with E-state index in [-0.39, 0.29) is 5.91 Å².